The molecule has 1 heterocycles. The van der Waals surface area contributed by atoms with E-state index >= 15 is 0 Å². The third-order valence-corrected chi connectivity index (χ3v) is 3.66. The Morgan fingerprint density at radius 3 is 2.83 bits per heavy atom. The number of carbonyl (C=O) groups excluding carboxylic acids is 1. The van der Waals surface area contributed by atoms with Crippen LogP contribution in [0.15, 0.2) is 18.2 Å². The molecule has 1 aromatic carbocycles. The molecule has 1 amide bonds. The van der Waals surface area contributed by atoms with Crippen LogP contribution in [0.4, 0.5) is 0 Å². The van der Waals surface area contributed by atoms with Crippen molar-refractivity contribution in [3.05, 3.63) is 33.8 Å². The first-order chi connectivity index (χ1) is 8.66. The van der Waals surface area contributed by atoms with Gasteiger partial charge >= 0.3 is 0 Å². The second-order valence-electron chi connectivity index (χ2n) is 4.32. The van der Waals surface area contributed by atoms with Gasteiger partial charge in [-0.25, -0.2) is 0 Å². The molecule has 5 heteroatoms. The molecule has 0 aromatic heterocycles. The lowest BCUT2D eigenvalue weighted by molar-refractivity contribution is -0.135. The van der Waals surface area contributed by atoms with E-state index in [1.54, 1.807) is 12.1 Å². The molecule has 1 saturated heterocycles. The largest absolute Gasteiger partial charge is 0.368 e. The highest BCUT2D eigenvalue weighted by atomic mass is 35.5. The van der Waals surface area contributed by atoms with Gasteiger partial charge in [-0.1, -0.05) is 29.3 Å². The lowest BCUT2D eigenvalue weighted by Gasteiger charge is -2.21. The molecule has 0 bridgehead atoms. The van der Waals surface area contributed by atoms with Gasteiger partial charge in [0.05, 0.1) is 10.0 Å². The molecule has 3 nitrogen and oxygen atoms in total. The molecule has 0 aliphatic carbocycles. The maximum absolute atomic E-state index is 11.8. The summed E-state index contributed by atoms with van der Waals surface area (Å²) in [5.41, 5.74) is 0.925. The number of halogens is 2. The predicted octanol–water partition coefficient (Wildman–Crippen LogP) is 3.18. The smallest absolute Gasteiger partial charge is 0.249 e. The van der Waals surface area contributed by atoms with Gasteiger partial charge in [-0.15, -0.1) is 0 Å². The zero-order chi connectivity index (χ0) is 13.0. The second kappa shape index (κ2) is 6.41. The molecule has 0 saturated carbocycles. The molecule has 18 heavy (non-hydrogen) atoms. The van der Waals surface area contributed by atoms with Gasteiger partial charge in [0.15, 0.2) is 0 Å². The third kappa shape index (κ3) is 3.61. The first kappa shape index (κ1) is 13.7. The molecule has 0 radical (unpaired) electrons. The normalized spacial score (nSPS) is 19.6. The summed E-state index contributed by atoms with van der Waals surface area (Å²) in [6.45, 7) is 1.11. The second-order valence-corrected chi connectivity index (χ2v) is 5.14. The Morgan fingerprint density at radius 2 is 2.17 bits per heavy atom. The van der Waals surface area contributed by atoms with E-state index < -0.39 is 0 Å². The van der Waals surface area contributed by atoms with Crippen molar-refractivity contribution in [3.63, 3.8) is 0 Å². The summed E-state index contributed by atoms with van der Waals surface area (Å²) >= 11 is 11.7. The summed E-state index contributed by atoms with van der Waals surface area (Å²) in [4.78, 5) is 11.8. The van der Waals surface area contributed by atoms with Crippen LogP contribution in [0.2, 0.25) is 10.0 Å². The molecule has 2 rings (SSSR count). The van der Waals surface area contributed by atoms with Crippen molar-refractivity contribution < 1.29 is 9.53 Å². The van der Waals surface area contributed by atoms with Crippen molar-refractivity contribution in [1.82, 2.24) is 5.32 Å². The summed E-state index contributed by atoms with van der Waals surface area (Å²) < 4.78 is 5.41. The summed E-state index contributed by atoms with van der Waals surface area (Å²) in [6.07, 6.45) is 2.58. The van der Waals surface area contributed by atoms with Gasteiger partial charge in [-0.3, -0.25) is 4.79 Å². The summed E-state index contributed by atoms with van der Waals surface area (Å²) in [7, 11) is 0. The Morgan fingerprint density at radius 1 is 1.33 bits per heavy atom. The van der Waals surface area contributed by atoms with Crippen LogP contribution in [0.25, 0.3) is 0 Å². The van der Waals surface area contributed by atoms with Crippen LogP contribution < -0.4 is 5.32 Å². The maximum Gasteiger partial charge on any atom is 0.249 e. The molecule has 0 spiro atoms. The topological polar surface area (TPSA) is 38.3 Å². The fourth-order valence-corrected chi connectivity index (χ4v) is 2.22. The van der Waals surface area contributed by atoms with E-state index in [4.69, 9.17) is 27.9 Å². The Bertz CT molecular complexity index is 431. The Kier molecular flexibility index (Phi) is 4.87. The zero-order valence-electron chi connectivity index (χ0n) is 9.92. The lowest BCUT2D eigenvalue weighted by atomic mass is 10.1. The van der Waals surface area contributed by atoms with E-state index in [9.17, 15) is 4.79 Å². The number of nitrogens with one attached hydrogen (secondary N) is 1. The van der Waals surface area contributed by atoms with Gasteiger partial charge in [-0.2, -0.15) is 0 Å². The third-order valence-electron chi connectivity index (χ3n) is 2.92. The van der Waals surface area contributed by atoms with Gasteiger partial charge in [-0.05, 0) is 37.0 Å². The van der Waals surface area contributed by atoms with Gasteiger partial charge in [0, 0.05) is 13.2 Å². The van der Waals surface area contributed by atoms with Gasteiger partial charge in [0.1, 0.15) is 6.10 Å². The molecule has 1 aliphatic heterocycles. The number of ether oxygens (including phenoxy) is 1. The summed E-state index contributed by atoms with van der Waals surface area (Å²) in [6, 6.07) is 5.32. The van der Waals surface area contributed by atoms with Crippen LogP contribution in [-0.2, 0) is 16.1 Å². The van der Waals surface area contributed by atoms with Crippen LogP contribution in [0, 0.1) is 0 Å². The Labute approximate surface area is 116 Å². The molecule has 98 valence electrons. The van der Waals surface area contributed by atoms with Crippen molar-refractivity contribution in [2.45, 2.75) is 31.9 Å². The van der Waals surface area contributed by atoms with E-state index in [0.29, 0.717) is 23.2 Å². The molecule has 1 aromatic rings. The molecule has 1 fully saturated rings. The summed E-state index contributed by atoms with van der Waals surface area (Å²) in [5, 5.41) is 3.86. The molecular formula is C13H15Cl2NO2. The standard InChI is InChI=1S/C13H15Cl2NO2/c14-10-5-4-9(7-11(10)15)8-16-13(17)12-3-1-2-6-18-12/h4-5,7,12H,1-3,6,8H2,(H,16,17)/t12-/m1/s1. The highest BCUT2D eigenvalue weighted by Crippen LogP contribution is 2.22. The van der Waals surface area contributed by atoms with E-state index in [-0.39, 0.29) is 12.0 Å². The van der Waals surface area contributed by atoms with Crippen molar-refractivity contribution in [3.8, 4) is 0 Å². The number of amides is 1. The number of carbonyl (C=O) groups is 1. The van der Waals surface area contributed by atoms with Gasteiger partial charge in [0.2, 0.25) is 5.91 Å². The monoisotopic (exact) mass is 287 g/mol. The van der Waals surface area contributed by atoms with Crippen molar-refractivity contribution >= 4 is 29.1 Å². The average Bonchev–Trinajstić information content (AvgIpc) is 2.41. The highest BCUT2D eigenvalue weighted by Gasteiger charge is 2.21. The van der Waals surface area contributed by atoms with Crippen molar-refractivity contribution in [2.24, 2.45) is 0 Å². The number of benzene rings is 1. The highest BCUT2D eigenvalue weighted by molar-refractivity contribution is 6.42. The summed E-state index contributed by atoms with van der Waals surface area (Å²) in [5.74, 6) is -0.0548. The Hall–Kier alpha value is -0.770. The number of hydrogen-bond acceptors (Lipinski definition) is 2. The van der Waals surface area contributed by atoms with Crippen LogP contribution in [0.3, 0.4) is 0 Å². The van der Waals surface area contributed by atoms with Crippen molar-refractivity contribution in [2.75, 3.05) is 6.61 Å². The van der Waals surface area contributed by atoms with E-state index in [1.165, 1.54) is 0 Å². The number of rotatable bonds is 3. The van der Waals surface area contributed by atoms with Crippen LogP contribution in [-0.4, -0.2) is 18.6 Å². The molecule has 0 unspecified atom stereocenters. The Balaban J connectivity index is 1.86. The van der Waals surface area contributed by atoms with Crippen LogP contribution in [0.5, 0.6) is 0 Å². The first-order valence-corrected chi connectivity index (χ1v) is 6.75. The molecule has 1 atom stereocenters. The lowest BCUT2D eigenvalue weighted by Crippen LogP contribution is -2.37. The predicted molar refractivity (Wildman–Crippen MR) is 71.9 cm³/mol. The first-order valence-electron chi connectivity index (χ1n) is 6.00. The van der Waals surface area contributed by atoms with Gasteiger partial charge in [0.25, 0.3) is 0 Å². The maximum atomic E-state index is 11.8. The molecular weight excluding hydrogens is 273 g/mol. The quantitative estimate of drug-likeness (QED) is 0.927. The van der Waals surface area contributed by atoms with E-state index in [1.807, 2.05) is 6.07 Å². The van der Waals surface area contributed by atoms with Gasteiger partial charge < -0.3 is 10.1 Å². The number of hydrogen-bond donors (Lipinski definition) is 1. The fraction of sp³-hybridized carbons (Fsp3) is 0.462. The van der Waals surface area contributed by atoms with Crippen LogP contribution >= 0.6 is 23.2 Å². The molecule has 1 N–H and O–H groups in total. The molecule has 1 aliphatic rings. The van der Waals surface area contributed by atoms with Crippen molar-refractivity contribution in [1.29, 1.82) is 0 Å². The minimum atomic E-state index is -0.304. The minimum Gasteiger partial charge on any atom is -0.368 e. The zero-order valence-corrected chi connectivity index (χ0v) is 11.4. The minimum absolute atomic E-state index is 0.0548. The fourth-order valence-electron chi connectivity index (χ4n) is 1.90. The van der Waals surface area contributed by atoms with E-state index in [2.05, 4.69) is 5.32 Å². The SMILES string of the molecule is O=C(NCc1ccc(Cl)c(Cl)c1)[C@H]1CCCCO1. The average molecular weight is 288 g/mol. The van der Waals surface area contributed by atoms with E-state index in [0.717, 1.165) is 24.8 Å². The van der Waals surface area contributed by atoms with Crippen LogP contribution in [0.1, 0.15) is 24.8 Å².